The first kappa shape index (κ1) is 11.7. The molecular formula is C8H9ClFO3P. The van der Waals surface area contributed by atoms with Crippen LogP contribution in [0.3, 0.4) is 0 Å². The second kappa shape index (κ2) is 4.41. The van der Waals surface area contributed by atoms with E-state index in [1.807, 2.05) is 0 Å². The first-order valence-corrected chi connectivity index (χ1v) is 5.85. The predicted octanol–water partition coefficient (Wildman–Crippen LogP) is 2.33. The summed E-state index contributed by atoms with van der Waals surface area (Å²) in [6.45, 7) is 1.64. The van der Waals surface area contributed by atoms with Crippen LogP contribution in [0.15, 0.2) is 18.2 Å². The van der Waals surface area contributed by atoms with Crippen molar-refractivity contribution in [2.24, 2.45) is 0 Å². The quantitative estimate of drug-likeness (QED) is 0.822. The van der Waals surface area contributed by atoms with Crippen LogP contribution in [-0.4, -0.2) is 11.5 Å². The second-order valence-corrected chi connectivity index (χ2v) is 4.82. The Morgan fingerprint density at radius 3 is 2.71 bits per heavy atom. The highest BCUT2D eigenvalue weighted by atomic mass is 35.5. The molecule has 0 aromatic heterocycles. The number of benzene rings is 1. The van der Waals surface area contributed by atoms with E-state index in [1.54, 1.807) is 6.92 Å². The molecule has 0 fully saturated rings. The smallest absolute Gasteiger partial charge is 0.321 e. The third-order valence-electron chi connectivity index (χ3n) is 1.48. The van der Waals surface area contributed by atoms with Crippen molar-refractivity contribution in [1.29, 1.82) is 0 Å². The van der Waals surface area contributed by atoms with E-state index in [2.05, 4.69) is 4.52 Å². The Bertz CT molecular complexity index is 363. The molecule has 0 spiro atoms. The van der Waals surface area contributed by atoms with E-state index in [-0.39, 0.29) is 16.9 Å². The maximum atomic E-state index is 12.8. The van der Waals surface area contributed by atoms with Crippen molar-refractivity contribution in [2.45, 2.75) is 6.92 Å². The Morgan fingerprint density at radius 1 is 1.57 bits per heavy atom. The zero-order chi connectivity index (χ0) is 10.8. The average molecular weight is 239 g/mol. The Kier molecular flexibility index (Phi) is 3.67. The van der Waals surface area contributed by atoms with Gasteiger partial charge < -0.3 is 9.42 Å². The van der Waals surface area contributed by atoms with Gasteiger partial charge in [0.1, 0.15) is 5.82 Å². The molecule has 1 atom stereocenters. The van der Waals surface area contributed by atoms with Crippen LogP contribution >= 0.6 is 19.2 Å². The zero-order valence-corrected chi connectivity index (χ0v) is 9.06. The van der Waals surface area contributed by atoms with Crippen LogP contribution in [0.4, 0.5) is 4.39 Å². The van der Waals surface area contributed by atoms with Crippen molar-refractivity contribution in [1.82, 2.24) is 0 Å². The Balaban J connectivity index is 3.12. The van der Waals surface area contributed by atoms with Gasteiger partial charge in [0, 0.05) is 5.02 Å². The Labute approximate surface area is 86.0 Å². The van der Waals surface area contributed by atoms with Gasteiger partial charge in [-0.2, -0.15) is 0 Å². The second-order valence-electron chi connectivity index (χ2n) is 2.57. The number of hydrogen-bond donors (Lipinski definition) is 1. The molecule has 6 heteroatoms. The highest BCUT2D eigenvalue weighted by molar-refractivity contribution is 7.61. The minimum absolute atomic E-state index is 0.0639. The summed E-state index contributed by atoms with van der Waals surface area (Å²) < 4.78 is 28.9. The van der Waals surface area contributed by atoms with Crippen molar-refractivity contribution in [3.8, 4) is 0 Å². The third kappa shape index (κ3) is 2.79. The van der Waals surface area contributed by atoms with E-state index in [9.17, 15) is 13.8 Å². The van der Waals surface area contributed by atoms with Gasteiger partial charge in [-0.15, -0.1) is 0 Å². The highest BCUT2D eigenvalue weighted by Gasteiger charge is 2.22. The topological polar surface area (TPSA) is 46.5 Å². The Morgan fingerprint density at radius 2 is 2.21 bits per heavy atom. The minimum Gasteiger partial charge on any atom is -0.321 e. The zero-order valence-electron chi connectivity index (χ0n) is 7.41. The van der Waals surface area contributed by atoms with Crippen molar-refractivity contribution < 1.29 is 18.4 Å². The van der Waals surface area contributed by atoms with Gasteiger partial charge in [-0.25, -0.2) is 4.39 Å². The highest BCUT2D eigenvalue weighted by Crippen LogP contribution is 2.40. The van der Waals surface area contributed by atoms with E-state index in [4.69, 9.17) is 11.6 Å². The molecule has 14 heavy (non-hydrogen) atoms. The largest absolute Gasteiger partial charge is 0.358 e. The van der Waals surface area contributed by atoms with Crippen LogP contribution in [0, 0.1) is 5.82 Å². The molecule has 0 bridgehead atoms. The molecular weight excluding hydrogens is 230 g/mol. The van der Waals surface area contributed by atoms with E-state index >= 15 is 0 Å². The van der Waals surface area contributed by atoms with Gasteiger partial charge >= 0.3 is 7.60 Å². The van der Waals surface area contributed by atoms with Crippen LogP contribution in [0.2, 0.25) is 5.02 Å². The molecule has 1 N–H and O–H groups in total. The van der Waals surface area contributed by atoms with Crippen LogP contribution < -0.4 is 5.30 Å². The molecule has 0 saturated heterocycles. The SMILES string of the molecule is CCOP(=O)(O)c1cc(F)cc(Cl)c1. The molecule has 0 aliphatic carbocycles. The minimum atomic E-state index is -3.92. The standard InChI is InChI=1S/C8H9ClFO3P/c1-2-13-14(11,12)8-4-6(9)3-7(10)5-8/h3-5H,2H2,1H3,(H,11,12). The van der Waals surface area contributed by atoms with Gasteiger partial charge in [-0.1, -0.05) is 11.6 Å². The van der Waals surface area contributed by atoms with E-state index < -0.39 is 13.4 Å². The number of halogens is 2. The van der Waals surface area contributed by atoms with Gasteiger partial charge in [0.05, 0.1) is 11.9 Å². The monoisotopic (exact) mass is 238 g/mol. The first-order chi connectivity index (χ1) is 6.45. The lowest BCUT2D eigenvalue weighted by atomic mass is 10.3. The summed E-state index contributed by atoms with van der Waals surface area (Å²) in [5.41, 5.74) is 0. The summed E-state index contributed by atoms with van der Waals surface area (Å²) in [4.78, 5) is 9.34. The van der Waals surface area contributed by atoms with Gasteiger partial charge in [-0.05, 0) is 25.1 Å². The van der Waals surface area contributed by atoms with Gasteiger partial charge in [-0.3, -0.25) is 4.57 Å². The fourth-order valence-corrected chi connectivity index (χ4v) is 2.34. The predicted molar refractivity (Wildman–Crippen MR) is 52.5 cm³/mol. The molecule has 0 aliphatic rings. The molecule has 0 aliphatic heterocycles. The van der Waals surface area contributed by atoms with Crippen molar-refractivity contribution in [3.63, 3.8) is 0 Å². The summed E-state index contributed by atoms with van der Waals surface area (Å²) in [7, 11) is -3.92. The van der Waals surface area contributed by atoms with Crippen LogP contribution in [0.1, 0.15) is 6.92 Å². The molecule has 3 nitrogen and oxygen atoms in total. The molecule has 0 saturated carbocycles. The van der Waals surface area contributed by atoms with Crippen molar-refractivity contribution in [2.75, 3.05) is 6.61 Å². The lowest BCUT2D eigenvalue weighted by molar-refractivity contribution is 0.284. The fourth-order valence-electron chi connectivity index (χ4n) is 0.952. The van der Waals surface area contributed by atoms with Crippen LogP contribution in [0.25, 0.3) is 0 Å². The lowest BCUT2D eigenvalue weighted by Crippen LogP contribution is -2.07. The first-order valence-electron chi connectivity index (χ1n) is 3.89. The summed E-state index contributed by atoms with van der Waals surface area (Å²) in [5.74, 6) is -0.665. The van der Waals surface area contributed by atoms with Crippen molar-refractivity contribution in [3.05, 3.63) is 29.0 Å². The molecule has 0 radical (unpaired) electrons. The van der Waals surface area contributed by atoms with Crippen LogP contribution in [0.5, 0.6) is 0 Å². The number of rotatable bonds is 3. The molecule has 1 rings (SSSR count). The summed E-state index contributed by atoms with van der Waals surface area (Å²) >= 11 is 5.53. The molecule has 1 aromatic carbocycles. The number of hydrogen-bond acceptors (Lipinski definition) is 2. The van der Waals surface area contributed by atoms with Crippen molar-refractivity contribution >= 4 is 24.5 Å². The maximum absolute atomic E-state index is 12.8. The summed E-state index contributed by atoms with van der Waals surface area (Å²) in [6, 6.07) is 3.19. The van der Waals surface area contributed by atoms with E-state index in [0.717, 1.165) is 12.1 Å². The molecule has 0 heterocycles. The Hall–Kier alpha value is -0.410. The molecule has 0 amide bonds. The molecule has 1 aromatic rings. The van der Waals surface area contributed by atoms with Gasteiger partial charge in [0.2, 0.25) is 0 Å². The van der Waals surface area contributed by atoms with Gasteiger partial charge in [0.15, 0.2) is 0 Å². The van der Waals surface area contributed by atoms with Gasteiger partial charge in [0.25, 0.3) is 0 Å². The third-order valence-corrected chi connectivity index (χ3v) is 3.21. The maximum Gasteiger partial charge on any atom is 0.358 e. The van der Waals surface area contributed by atoms with E-state index in [0.29, 0.717) is 0 Å². The lowest BCUT2D eigenvalue weighted by Gasteiger charge is -2.10. The summed E-state index contributed by atoms with van der Waals surface area (Å²) in [5, 5.41) is -0.0710. The normalized spacial score (nSPS) is 15.1. The summed E-state index contributed by atoms with van der Waals surface area (Å²) in [6.07, 6.45) is 0. The average Bonchev–Trinajstić information content (AvgIpc) is 2.02. The molecule has 78 valence electrons. The molecule has 1 unspecified atom stereocenters. The fraction of sp³-hybridized carbons (Fsp3) is 0.250. The van der Waals surface area contributed by atoms with Crippen LogP contribution in [-0.2, 0) is 9.09 Å². The van der Waals surface area contributed by atoms with E-state index in [1.165, 1.54) is 6.07 Å².